The topological polar surface area (TPSA) is 65.1 Å². The zero-order chi connectivity index (χ0) is 18.4. The lowest BCUT2D eigenvalue weighted by Crippen LogP contribution is -2.45. The molecular formula is C18H24BrNO5. The van der Waals surface area contributed by atoms with Crippen molar-refractivity contribution in [2.75, 3.05) is 27.4 Å². The predicted octanol–water partition coefficient (Wildman–Crippen LogP) is 3.41. The first-order valence-corrected chi connectivity index (χ1v) is 9.19. The summed E-state index contributed by atoms with van der Waals surface area (Å²) in [7, 11) is 3.00. The Labute approximate surface area is 156 Å². The van der Waals surface area contributed by atoms with Crippen LogP contribution in [0.25, 0.3) is 0 Å². The molecule has 0 radical (unpaired) electrons. The minimum Gasteiger partial charge on any atom is -0.495 e. The molecule has 0 aliphatic carbocycles. The van der Waals surface area contributed by atoms with Gasteiger partial charge in [0.25, 0.3) is 5.91 Å². The minimum absolute atomic E-state index is 0.143. The van der Waals surface area contributed by atoms with Crippen LogP contribution in [0, 0.1) is 0 Å². The van der Waals surface area contributed by atoms with Gasteiger partial charge in [0.05, 0.1) is 19.8 Å². The van der Waals surface area contributed by atoms with E-state index in [0.717, 1.165) is 32.2 Å². The maximum Gasteiger partial charge on any atom is 0.338 e. The summed E-state index contributed by atoms with van der Waals surface area (Å²) in [4.78, 5) is 26.5. The van der Waals surface area contributed by atoms with Crippen LogP contribution in [-0.2, 0) is 9.53 Å². The molecule has 1 heterocycles. The van der Waals surface area contributed by atoms with E-state index in [-0.39, 0.29) is 24.1 Å². The summed E-state index contributed by atoms with van der Waals surface area (Å²) in [6.07, 6.45) is 4.07. The fraction of sp³-hybridized carbons (Fsp3) is 0.556. The molecule has 2 rings (SSSR count). The molecule has 7 heteroatoms. The van der Waals surface area contributed by atoms with Crippen LogP contribution in [0.4, 0.5) is 0 Å². The molecule has 1 aliphatic heterocycles. The third kappa shape index (κ3) is 4.66. The van der Waals surface area contributed by atoms with Crippen molar-refractivity contribution in [1.29, 1.82) is 0 Å². The van der Waals surface area contributed by atoms with Crippen LogP contribution in [0.2, 0.25) is 0 Å². The molecule has 0 saturated carbocycles. The minimum atomic E-state index is -0.581. The Hall–Kier alpha value is -1.76. The first-order chi connectivity index (χ1) is 12.0. The molecule has 0 bridgehead atoms. The number of halogens is 1. The van der Waals surface area contributed by atoms with E-state index < -0.39 is 5.97 Å². The number of piperidine rings is 1. The number of rotatable bonds is 6. The number of esters is 1. The summed E-state index contributed by atoms with van der Waals surface area (Å²) in [5.74, 6) is 0.192. The third-order valence-electron chi connectivity index (χ3n) is 4.43. The fourth-order valence-electron chi connectivity index (χ4n) is 3.03. The van der Waals surface area contributed by atoms with Gasteiger partial charge < -0.3 is 19.1 Å². The Morgan fingerprint density at radius 3 is 2.40 bits per heavy atom. The number of carbonyl (C=O) groups is 2. The second kappa shape index (κ2) is 9.08. The monoisotopic (exact) mass is 413 g/mol. The number of likely N-dealkylation sites (tertiary alicyclic amines) is 1. The Morgan fingerprint density at radius 2 is 1.84 bits per heavy atom. The molecule has 1 saturated heterocycles. The molecule has 1 fully saturated rings. The van der Waals surface area contributed by atoms with E-state index in [9.17, 15) is 9.59 Å². The van der Waals surface area contributed by atoms with Gasteiger partial charge in [0.15, 0.2) is 6.61 Å². The van der Waals surface area contributed by atoms with Crippen LogP contribution in [-0.4, -0.2) is 50.2 Å². The highest BCUT2D eigenvalue weighted by molar-refractivity contribution is 9.10. The fourth-order valence-corrected chi connectivity index (χ4v) is 3.59. The van der Waals surface area contributed by atoms with Crippen molar-refractivity contribution in [3.05, 3.63) is 22.2 Å². The molecule has 0 N–H and O–H groups in total. The van der Waals surface area contributed by atoms with Crippen molar-refractivity contribution in [3.63, 3.8) is 0 Å². The smallest absolute Gasteiger partial charge is 0.338 e. The Balaban J connectivity index is 2.03. The second-order valence-corrected chi connectivity index (χ2v) is 6.71. The van der Waals surface area contributed by atoms with Gasteiger partial charge in [-0.25, -0.2) is 4.79 Å². The van der Waals surface area contributed by atoms with Crippen molar-refractivity contribution in [2.24, 2.45) is 0 Å². The Morgan fingerprint density at radius 1 is 1.20 bits per heavy atom. The van der Waals surface area contributed by atoms with E-state index in [4.69, 9.17) is 14.2 Å². The van der Waals surface area contributed by atoms with E-state index >= 15 is 0 Å². The van der Waals surface area contributed by atoms with Crippen LogP contribution in [0.1, 0.15) is 43.0 Å². The number of benzene rings is 1. The lowest BCUT2D eigenvalue weighted by molar-refractivity contribution is -0.138. The number of nitrogens with zero attached hydrogens (tertiary/aromatic N) is 1. The van der Waals surface area contributed by atoms with Gasteiger partial charge >= 0.3 is 5.97 Å². The third-order valence-corrected chi connectivity index (χ3v) is 5.21. The van der Waals surface area contributed by atoms with Crippen LogP contribution in [0.3, 0.4) is 0 Å². The van der Waals surface area contributed by atoms with Gasteiger partial charge in [-0.3, -0.25) is 4.79 Å². The van der Waals surface area contributed by atoms with Gasteiger partial charge in [-0.2, -0.15) is 0 Å². The van der Waals surface area contributed by atoms with Crippen molar-refractivity contribution in [1.82, 2.24) is 4.90 Å². The summed E-state index contributed by atoms with van der Waals surface area (Å²) in [5, 5.41) is 0. The van der Waals surface area contributed by atoms with E-state index in [1.807, 2.05) is 4.90 Å². The molecule has 1 aromatic carbocycles. The van der Waals surface area contributed by atoms with E-state index in [0.29, 0.717) is 16.0 Å². The molecule has 1 amide bonds. The summed E-state index contributed by atoms with van der Waals surface area (Å²) < 4.78 is 16.3. The van der Waals surface area contributed by atoms with Gasteiger partial charge in [0, 0.05) is 12.6 Å². The highest BCUT2D eigenvalue weighted by Crippen LogP contribution is 2.35. The van der Waals surface area contributed by atoms with Crippen LogP contribution in [0.15, 0.2) is 16.6 Å². The number of carbonyl (C=O) groups excluding carboxylic acids is 2. The van der Waals surface area contributed by atoms with E-state index in [1.54, 1.807) is 12.1 Å². The zero-order valence-corrected chi connectivity index (χ0v) is 16.4. The van der Waals surface area contributed by atoms with Crippen LogP contribution in [0.5, 0.6) is 11.5 Å². The number of hydrogen-bond donors (Lipinski definition) is 0. The van der Waals surface area contributed by atoms with Crippen molar-refractivity contribution in [3.8, 4) is 11.5 Å². The van der Waals surface area contributed by atoms with Gasteiger partial charge in [-0.1, -0.05) is 6.92 Å². The molecule has 1 aliphatic rings. The predicted molar refractivity (Wildman–Crippen MR) is 97.2 cm³/mol. The maximum absolute atomic E-state index is 12.4. The molecule has 6 nitrogen and oxygen atoms in total. The average Bonchev–Trinajstić information content (AvgIpc) is 2.65. The molecule has 25 heavy (non-hydrogen) atoms. The van der Waals surface area contributed by atoms with Crippen LogP contribution >= 0.6 is 15.9 Å². The van der Waals surface area contributed by atoms with Crippen molar-refractivity contribution in [2.45, 2.75) is 38.6 Å². The lowest BCUT2D eigenvalue weighted by Gasteiger charge is -2.35. The van der Waals surface area contributed by atoms with Gasteiger partial charge in [0.2, 0.25) is 0 Å². The SMILES string of the molecule is CC[C@H]1CCCCN1C(=O)COC(=O)c1cc(OC)c(Br)c(OC)c1. The summed E-state index contributed by atoms with van der Waals surface area (Å²) in [5.41, 5.74) is 0.274. The van der Waals surface area contributed by atoms with E-state index in [1.165, 1.54) is 14.2 Å². The normalized spacial score (nSPS) is 17.1. The van der Waals surface area contributed by atoms with E-state index in [2.05, 4.69) is 22.9 Å². The summed E-state index contributed by atoms with van der Waals surface area (Å²) in [6, 6.07) is 3.34. The molecule has 138 valence electrons. The second-order valence-electron chi connectivity index (χ2n) is 5.92. The summed E-state index contributed by atoms with van der Waals surface area (Å²) >= 11 is 3.35. The van der Waals surface area contributed by atoms with Crippen LogP contribution < -0.4 is 9.47 Å². The van der Waals surface area contributed by atoms with Crippen molar-refractivity contribution >= 4 is 27.8 Å². The number of methoxy groups -OCH3 is 2. The van der Waals surface area contributed by atoms with Gasteiger partial charge in [-0.15, -0.1) is 0 Å². The highest BCUT2D eigenvalue weighted by Gasteiger charge is 2.26. The number of amides is 1. The molecule has 1 aromatic rings. The van der Waals surface area contributed by atoms with Gasteiger partial charge in [0.1, 0.15) is 16.0 Å². The maximum atomic E-state index is 12.4. The molecule has 0 unspecified atom stereocenters. The first kappa shape index (κ1) is 19.6. The molecule has 0 spiro atoms. The van der Waals surface area contributed by atoms with Crippen molar-refractivity contribution < 1.29 is 23.8 Å². The number of hydrogen-bond acceptors (Lipinski definition) is 5. The lowest BCUT2D eigenvalue weighted by atomic mass is 10.00. The molecule has 0 aromatic heterocycles. The average molecular weight is 414 g/mol. The molecular weight excluding hydrogens is 390 g/mol. The Bertz CT molecular complexity index is 609. The highest BCUT2D eigenvalue weighted by atomic mass is 79.9. The zero-order valence-electron chi connectivity index (χ0n) is 14.8. The molecule has 1 atom stereocenters. The standard InChI is InChI=1S/C18H24BrNO5/c1-4-13-7-5-6-8-20(13)16(21)11-25-18(22)12-9-14(23-2)17(19)15(10-12)24-3/h9-10,13H,4-8,11H2,1-3H3/t13-/m0/s1. The largest absolute Gasteiger partial charge is 0.495 e. The Kier molecular flexibility index (Phi) is 7.11. The summed E-state index contributed by atoms with van der Waals surface area (Å²) in [6.45, 7) is 2.55. The quantitative estimate of drug-likeness (QED) is 0.668. The first-order valence-electron chi connectivity index (χ1n) is 8.39. The van der Waals surface area contributed by atoms with Gasteiger partial charge in [-0.05, 0) is 53.7 Å². The number of ether oxygens (including phenoxy) is 3.